The van der Waals surface area contributed by atoms with Crippen LogP contribution in [-0.2, 0) is 4.79 Å². The van der Waals surface area contributed by atoms with Crippen LogP contribution in [-0.4, -0.2) is 5.78 Å². The largest absolute Gasteiger partial charge is 0.295 e. The summed E-state index contributed by atoms with van der Waals surface area (Å²) in [7, 11) is 0. The van der Waals surface area contributed by atoms with Gasteiger partial charge in [0.2, 0.25) is 0 Å². The lowest BCUT2D eigenvalue weighted by atomic mass is 9.99. The number of hydrogen-bond acceptors (Lipinski definition) is 1. The quantitative estimate of drug-likeness (QED) is 0.576. The predicted molar refractivity (Wildman–Crippen MR) is 53.1 cm³/mol. The van der Waals surface area contributed by atoms with Crippen molar-refractivity contribution < 1.29 is 4.79 Å². The van der Waals surface area contributed by atoms with Crippen LogP contribution in [0.25, 0.3) is 0 Å². The highest BCUT2D eigenvalue weighted by atomic mass is 16.1. The van der Waals surface area contributed by atoms with Gasteiger partial charge in [0.1, 0.15) is 0 Å². The van der Waals surface area contributed by atoms with Crippen LogP contribution in [0.1, 0.15) is 40.5 Å². The second-order valence-electron chi connectivity index (χ2n) is 3.92. The second kappa shape index (κ2) is 5.99. The van der Waals surface area contributed by atoms with Crippen LogP contribution in [0.3, 0.4) is 0 Å². The lowest BCUT2D eigenvalue weighted by Crippen LogP contribution is -1.95. The van der Waals surface area contributed by atoms with Crippen LogP contribution >= 0.6 is 0 Å². The molecular formula is C11H20O. The molecule has 0 radical (unpaired) electrons. The number of hydrogen-bond donors (Lipinski definition) is 0. The molecule has 0 aliphatic rings. The molecule has 1 nitrogen and oxygen atoms in total. The summed E-state index contributed by atoms with van der Waals surface area (Å²) in [6.45, 7) is 8.19. The standard InChI is InChI=1S/C11H20O/c1-9(2)5-6-10(3)7-8-11(4)12/h7-10H,5-6H2,1-4H3. The third-order valence-electron chi connectivity index (χ3n) is 1.86. The molecule has 0 saturated carbocycles. The smallest absolute Gasteiger partial charge is 0.152 e. The molecule has 0 aromatic rings. The summed E-state index contributed by atoms with van der Waals surface area (Å²) in [4.78, 5) is 10.6. The van der Waals surface area contributed by atoms with Crippen molar-refractivity contribution in [3.05, 3.63) is 12.2 Å². The zero-order valence-corrected chi connectivity index (χ0v) is 8.63. The maximum atomic E-state index is 10.6. The summed E-state index contributed by atoms with van der Waals surface area (Å²) < 4.78 is 0. The SMILES string of the molecule is CC(=O)C=CC(C)CCC(C)C. The van der Waals surface area contributed by atoms with Gasteiger partial charge in [-0.2, -0.15) is 0 Å². The Bertz CT molecular complexity index is 156. The van der Waals surface area contributed by atoms with Crippen molar-refractivity contribution in [2.75, 3.05) is 0 Å². The van der Waals surface area contributed by atoms with Gasteiger partial charge in [-0.3, -0.25) is 4.79 Å². The molecule has 1 atom stereocenters. The van der Waals surface area contributed by atoms with Crippen molar-refractivity contribution >= 4 is 5.78 Å². The molecule has 0 saturated heterocycles. The number of ketones is 1. The Morgan fingerprint density at radius 2 is 1.83 bits per heavy atom. The van der Waals surface area contributed by atoms with Crippen molar-refractivity contribution in [3.63, 3.8) is 0 Å². The monoisotopic (exact) mass is 168 g/mol. The average molecular weight is 168 g/mol. The molecule has 0 spiro atoms. The Labute approximate surface area is 75.9 Å². The van der Waals surface area contributed by atoms with Gasteiger partial charge in [-0.05, 0) is 31.3 Å². The lowest BCUT2D eigenvalue weighted by Gasteiger charge is -2.07. The first-order valence-electron chi connectivity index (χ1n) is 4.71. The molecule has 1 unspecified atom stereocenters. The van der Waals surface area contributed by atoms with E-state index in [-0.39, 0.29) is 5.78 Å². The van der Waals surface area contributed by atoms with Gasteiger partial charge in [-0.15, -0.1) is 0 Å². The van der Waals surface area contributed by atoms with Gasteiger partial charge in [0, 0.05) is 0 Å². The maximum absolute atomic E-state index is 10.6. The zero-order valence-electron chi connectivity index (χ0n) is 8.63. The van der Waals surface area contributed by atoms with Gasteiger partial charge in [-0.1, -0.05) is 33.3 Å². The van der Waals surface area contributed by atoms with Crippen LogP contribution in [0, 0.1) is 11.8 Å². The van der Waals surface area contributed by atoms with Crippen LogP contribution in [0.15, 0.2) is 12.2 Å². The maximum Gasteiger partial charge on any atom is 0.152 e. The fourth-order valence-electron chi connectivity index (χ4n) is 0.992. The molecule has 0 aromatic carbocycles. The van der Waals surface area contributed by atoms with E-state index in [2.05, 4.69) is 20.8 Å². The van der Waals surface area contributed by atoms with Crippen molar-refractivity contribution in [3.8, 4) is 0 Å². The van der Waals surface area contributed by atoms with Crippen molar-refractivity contribution in [2.45, 2.75) is 40.5 Å². The summed E-state index contributed by atoms with van der Waals surface area (Å²) >= 11 is 0. The molecule has 0 amide bonds. The Kier molecular flexibility index (Phi) is 5.69. The fourth-order valence-corrected chi connectivity index (χ4v) is 0.992. The number of carbonyl (C=O) groups excluding carboxylic acids is 1. The Morgan fingerprint density at radius 3 is 2.25 bits per heavy atom. The van der Waals surface area contributed by atoms with Crippen molar-refractivity contribution in [1.82, 2.24) is 0 Å². The summed E-state index contributed by atoms with van der Waals surface area (Å²) in [5.41, 5.74) is 0. The van der Waals surface area contributed by atoms with E-state index in [0.717, 1.165) is 5.92 Å². The summed E-state index contributed by atoms with van der Waals surface area (Å²) in [6, 6.07) is 0. The minimum atomic E-state index is 0.145. The Balaban J connectivity index is 3.59. The van der Waals surface area contributed by atoms with E-state index >= 15 is 0 Å². The highest BCUT2D eigenvalue weighted by molar-refractivity contribution is 5.87. The van der Waals surface area contributed by atoms with E-state index in [1.54, 1.807) is 13.0 Å². The van der Waals surface area contributed by atoms with Gasteiger partial charge in [0.05, 0.1) is 0 Å². The van der Waals surface area contributed by atoms with Gasteiger partial charge in [0.25, 0.3) is 0 Å². The van der Waals surface area contributed by atoms with Crippen LogP contribution in [0.5, 0.6) is 0 Å². The average Bonchev–Trinajstić information content (AvgIpc) is 1.96. The van der Waals surface area contributed by atoms with Crippen LogP contribution in [0.4, 0.5) is 0 Å². The van der Waals surface area contributed by atoms with Crippen molar-refractivity contribution in [2.24, 2.45) is 11.8 Å². The molecule has 12 heavy (non-hydrogen) atoms. The highest BCUT2D eigenvalue weighted by Crippen LogP contribution is 2.12. The first-order chi connectivity index (χ1) is 5.52. The van der Waals surface area contributed by atoms with Gasteiger partial charge >= 0.3 is 0 Å². The van der Waals surface area contributed by atoms with E-state index < -0.39 is 0 Å². The van der Waals surface area contributed by atoms with Crippen molar-refractivity contribution in [1.29, 1.82) is 0 Å². The predicted octanol–water partition coefficient (Wildman–Crippen LogP) is 3.20. The molecule has 0 heterocycles. The minimum Gasteiger partial charge on any atom is -0.295 e. The molecule has 0 aliphatic carbocycles. The third-order valence-corrected chi connectivity index (χ3v) is 1.86. The third kappa shape index (κ3) is 7.52. The molecule has 0 rings (SSSR count). The number of carbonyl (C=O) groups is 1. The first-order valence-corrected chi connectivity index (χ1v) is 4.71. The topological polar surface area (TPSA) is 17.1 Å². The molecule has 0 aliphatic heterocycles. The van der Waals surface area contributed by atoms with Crippen LogP contribution in [0.2, 0.25) is 0 Å². The van der Waals surface area contributed by atoms with E-state index in [4.69, 9.17) is 0 Å². The molecule has 0 N–H and O–H groups in total. The lowest BCUT2D eigenvalue weighted by molar-refractivity contribution is -0.112. The Morgan fingerprint density at radius 1 is 1.25 bits per heavy atom. The second-order valence-corrected chi connectivity index (χ2v) is 3.92. The van der Waals surface area contributed by atoms with Gasteiger partial charge < -0.3 is 0 Å². The molecule has 0 bridgehead atoms. The first kappa shape index (κ1) is 11.4. The molecular weight excluding hydrogens is 148 g/mol. The van der Waals surface area contributed by atoms with Gasteiger partial charge in [0.15, 0.2) is 5.78 Å². The molecule has 0 fully saturated rings. The van der Waals surface area contributed by atoms with E-state index in [1.165, 1.54) is 12.8 Å². The number of allylic oxidation sites excluding steroid dienone is 2. The van der Waals surface area contributed by atoms with E-state index in [9.17, 15) is 4.79 Å². The highest BCUT2D eigenvalue weighted by Gasteiger charge is 1.99. The molecule has 1 heteroatoms. The fraction of sp³-hybridized carbons (Fsp3) is 0.727. The molecule has 0 aromatic heterocycles. The normalized spacial score (nSPS) is 14.1. The minimum absolute atomic E-state index is 0.145. The summed E-state index contributed by atoms with van der Waals surface area (Å²) in [5.74, 6) is 1.45. The zero-order chi connectivity index (χ0) is 9.56. The van der Waals surface area contributed by atoms with E-state index in [1.807, 2.05) is 6.08 Å². The van der Waals surface area contributed by atoms with Gasteiger partial charge in [-0.25, -0.2) is 0 Å². The summed E-state index contributed by atoms with van der Waals surface area (Å²) in [6.07, 6.45) is 6.10. The van der Waals surface area contributed by atoms with Crippen LogP contribution < -0.4 is 0 Å². The van der Waals surface area contributed by atoms with E-state index in [0.29, 0.717) is 5.92 Å². The Hall–Kier alpha value is -0.590. The number of rotatable bonds is 5. The summed E-state index contributed by atoms with van der Waals surface area (Å²) in [5, 5.41) is 0. The molecule has 70 valence electrons.